The number of alkyl halides is 1. The van der Waals surface area contributed by atoms with Crippen molar-refractivity contribution in [2.45, 2.75) is 12.6 Å². The Labute approximate surface area is 70.8 Å². The Morgan fingerprint density at radius 1 is 1.33 bits per heavy atom. The van der Waals surface area contributed by atoms with Crippen molar-refractivity contribution < 1.29 is 9.50 Å². The van der Waals surface area contributed by atoms with Crippen LogP contribution in [0.5, 0.6) is 5.75 Å². The molecule has 1 rings (SSSR count). The lowest BCUT2D eigenvalue weighted by Gasteiger charge is -2.04. The maximum absolute atomic E-state index is 12.7. The van der Waals surface area contributed by atoms with E-state index in [9.17, 15) is 4.39 Å². The van der Waals surface area contributed by atoms with Gasteiger partial charge in [-0.2, -0.15) is 0 Å². The van der Waals surface area contributed by atoms with E-state index in [1.54, 1.807) is 24.3 Å². The van der Waals surface area contributed by atoms with Gasteiger partial charge in [0.2, 0.25) is 0 Å². The van der Waals surface area contributed by atoms with E-state index in [2.05, 4.69) is 0 Å². The van der Waals surface area contributed by atoms with Crippen LogP contribution in [0.1, 0.15) is 5.56 Å². The molecule has 0 aliphatic carbocycles. The summed E-state index contributed by atoms with van der Waals surface area (Å²) >= 11 is 0. The van der Waals surface area contributed by atoms with Crippen LogP contribution in [0, 0.1) is 0 Å². The summed E-state index contributed by atoms with van der Waals surface area (Å²) in [5, 5.41) is 8.93. The van der Waals surface area contributed by atoms with Crippen LogP contribution in [-0.4, -0.2) is 17.8 Å². The number of phenolic OH excluding ortho intramolecular Hbond substituents is 1. The highest BCUT2D eigenvalue weighted by Crippen LogP contribution is 2.11. The van der Waals surface area contributed by atoms with Gasteiger partial charge in [0, 0.05) is 13.0 Å². The Morgan fingerprint density at radius 2 is 1.92 bits per heavy atom. The molecule has 1 aromatic rings. The average Bonchev–Trinajstić information content (AvgIpc) is 2.09. The van der Waals surface area contributed by atoms with Crippen LogP contribution < -0.4 is 5.73 Å². The highest BCUT2D eigenvalue weighted by atomic mass is 19.1. The summed E-state index contributed by atoms with van der Waals surface area (Å²) in [5.74, 6) is 0.196. The second kappa shape index (κ2) is 4.07. The van der Waals surface area contributed by atoms with Crippen LogP contribution in [-0.2, 0) is 6.42 Å². The normalized spacial score (nSPS) is 12.8. The van der Waals surface area contributed by atoms with Crippen molar-refractivity contribution in [2.75, 3.05) is 6.54 Å². The molecule has 3 heteroatoms. The highest BCUT2D eigenvalue weighted by molar-refractivity contribution is 5.26. The van der Waals surface area contributed by atoms with E-state index < -0.39 is 6.17 Å². The Balaban J connectivity index is 2.58. The number of halogens is 1. The molecule has 0 aromatic heterocycles. The zero-order valence-electron chi connectivity index (χ0n) is 6.70. The topological polar surface area (TPSA) is 46.2 Å². The third-order valence-corrected chi connectivity index (χ3v) is 1.65. The summed E-state index contributed by atoms with van der Waals surface area (Å²) in [4.78, 5) is 0. The fourth-order valence-corrected chi connectivity index (χ4v) is 0.971. The van der Waals surface area contributed by atoms with Crippen LogP contribution in [0.25, 0.3) is 0 Å². The molecule has 2 nitrogen and oxygen atoms in total. The molecule has 1 atom stereocenters. The van der Waals surface area contributed by atoms with Gasteiger partial charge >= 0.3 is 0 Å². The number of aromatic hydroxyl groups is 1. The van der Waals surface area contributed by atoms with Crippen LogP contribution in [0.15, 0.2) is 24.3 Å². The lowest BCUT2D eigenvalue weighted by Crippen LogP contribution is -2.17. The third-order valence-electron chi connectivity index (χ3n) is 1.65. The second-order valence-corrected chi connectivity index (χ2v) is 2.70. The van der Waals surface area contributed by atoms with Gasteiger partial charge in [-0.05, 0) is 17.7 Å². The Hall–Kier alpha value is -1.09. The van der Waals surface area contributed by atoms with Crippen LogP contribution >= 0.6 is 0 Å². The fourth-order valence-electron chi connectivity index (χ4n) is 0.971. The minimum Gasteiger partial charge on any atom is -0.508 e. The molecule has 66 valence electrons. The van der Waals surface area contributed by atoms with Gasteiger partial charge in [0.05, 0.1) is 0 Å². The van der Waals surface area contributed by atoms with E-state index in [1.165, 1.54) is 0 Å². The fraction of sp³-hybridized carbons (Fsp3) is 0.333. The lowest BCUT2D eigenvalue weighted by atomic mass is 10.1. The van der Waals surface area contributed by atoms with Gasteiger partial charge in [-0.25, -0.2) is 4.39 Å². The van der Waals surface area contributed by atoms with Gasteiger partial charge in [0.15, 0.2) is 0 Å². The molecule has 0 heterocycles. The van der Waals surface area contributed by atoms with E-state index in [-0.39, 0.29) is 12.3 Å². The smallest absolute Gasteiger partial charge is 0.116 e. The minimum absolute atomic E-state index is 0.0425. The standard InChI is InChI=1S/C9H12FNO/c10-8(6-11)5-7-1-3-9(12)4-2-7/h1-4,8,12H,5-6,11H2. The van der Waals surface area contributed by atoms with E-state index >= 15 is 0 Å². The second-order valence-electron chi connectivity index (χ2n) is 2.70. The summed E-state index contributed by atoms with van der Waals surface area (Å²) in [5.41, 5.74) is 5.98. The van der Waals surface area contributed by atoms with Gasteiger partial charge in [-0.15, -0.1) is 0 Å². The van der Waals surface area contributed by atoms with Crippen molar-refractivity contribution in [3.05, 3.63) is 29.8 Å². The van der Waals surface area contributed by atoms with Gasteiger partial charge in [-0.1, -0.05) is 12.1 Å². The van der Waals surface area contributed by atoms with Crippen molar-refractivity contribution in [3.8, 4) is 5.75 Å². The van der Waals surface area contributed by atoms with Crippen molar-refractivity contribution in [1.29, 1.82) is 0 Å². The molecule has 3 N–H and O–H groups in total. The molecule has 1 unspecified atom stereocenters. The first-order valence-electron chi connectivity index (χ1n) is 3.84. The molecule has 1 aromatic carbocycles. The van der Waals surface area contributed by atoms with Crippen molar-refractivity contribution in [1.82, 2.24) is 0 Å². The molecular weight excluding hydrogens is 157 g/mol. The molecule has 0 saturated carbocycles. The number of benzene rings is 1. The zero-order valence-corrected chi connectivity index (χ0v) is 6.70. The van der Waals surface area contributed by atoms with Crippen LogP contribution in [0.3, 0.4) is 0 Å². The molecule has 0 fully saturated rings. The number of rotatable bonds is 3. The lowest BCUT2D eigenvalue weighted by molar-refractivity contribution is 0.340. The Morgan fingerprint density at radius 3 is 2.42 bits per heavy atom. The summed E-state index contributed by atoms with van der Waals surface area (Å²) in [7, 11) is 0. The minimum atomic E-state index is -0.991. The maximum atomic E-state index is 12.7. The molecular formula is C9H12FNO. The van der Waals surface area contributed by atoms with Crippen molar-refractivity contribution in [3.63, 3.8) is 0 Å². The van der Waals surface area contributed by atoms with Gasteiger partial charge in [0.25, 0.3) is 0 Å². The summed E-state index contributed by atoms with van der Waals surface area (Å²) in [6, 6.07) is 6.46. The zero-order chi connectivity index (χ0) is 8.97. The number of hydrogen-bond acceptors (Lipinski definition) is 2. The third kappa shape index (κ3) is 2.51. The summed E-state index contributed by atoms with van der Waals surface area (Å²) in [6.07, 6.45) is -0.675. The predicted molar refractivity (Wildman–Crippen MR) is 45.8 cm³/mol. The van der Waals surface area contributed by atoms with Crippen LogP contribution in [0.2, 0.25) is 0 Å². The highest BCUT2D eigenvalue weighted by Gasteiger charge is 2.04. The number of nitrogens with two attached hydrogens (primary N) is 1. The van der Waals surface area contributed by atoms with E-state index in [0.717, 1.165) is 5.56 Å². The first-order chi connectivity index (χ1) is 5.72. The molecule has 0 aliphatic heterocycles. The molecule has 12 heavy (non-hydrogen) atoms. The first kappa shape index (κ1) is 9.00. The molecule has 0 spiro atoms. The molecule has 0 aliphatic rings. The maximum Gasteiger partial charge on any atom is 0.116 e. The molecule has 0 saturated heterocycles. The number of phenols is 1. The van der Waals surface area contributed by atoms with Gasteiger partial charge in [-0.3, -0.25) is 0 Å². The molecule has 0 radical (unpaired) electrons. The van der Waals surface area contributed by atoms with Crippen LogP contribution in [0.4, 0.5) is 4.39 Å². The first-order valence-corrected chi connectivity index (χ1v) is 3.84. The van der Waals surface area contributed by atoms with E-state index in [4.69, 9.17) is 10.8 Å². The van der Waals surface area contributed by atoms with Gasteiger partial charge in [0.1, 0.15) is 11.9 Å². The number of hydrogen-bond donors (Lipinski definition) is 2. The molecule has 0 bridgehead atoms. The van der Waals surface area contributed by atoms with E-state index in [0.29, 0.717) is 6.42 Å². The van der Waals surface area contributed by atoms with Crippen molar-refractivity contribution in [2.24, 2.45) is 5.73 Å². The predicted octanol–water partition coefficient (Wildman–Crippen LogP) is 1.23. The van der Waals surface area contributed by atoms with E-state index in [1.807, 2.05) is 0 Å². The van der Waals surface area contributed by atoms with Gasteiger partial charge < -0.3 is 10.8 Å². The quantitative estimate of drug-likeness (QED) is 0.714. The monoisotopic (exact) mass is 169 g/mol. The average molecular weight is 169 g/mol. The molecule has 0 amide bonds. The Bertz CT molecular complexity index is 235. The Kier molecular flexibility index (Phi) is 3.05. The summed E-state index contributed by atoms with van der Waals surface area (Å²) < 4.78 is 12.7. The van der Waals surface area contributed by atoms with Crippen molar-refractivity contribution >= 4 is 0 Å². The SMILES string of the molecule is NCC(F)Cc1ccc(O)cc1. The summed E-state index contributed by atoms with van der Waals surface area (Å²) in [6.45, 7) is 0.0425. The largest absolute Gasteiger partial charge is 0.508 e.